The molecule has 4 heterocycles. The molecule has 0 fully saturated rings. The van der Waals surface area contributed by atoms with Gasteiger partial charge in [-0.2, -0.15) is 5.10 Å². The van der Waals surface area contributed by atoms with Gasteiger partial charge in [0.2, 0.25) is 0 Å². The molecule has 0 amide bonds. The molecule has 1 N–H and O–H groups in total. The lowest BCUT2D eigenvalue weighted by atomic mass is 10.0. The van der Waals surface area contributed by atoms with Crippen LogP contribution in [0.15, 0.2) is 78.0 Å². The number of halogens is 1. The predicted molar refractivity (Wildman–Crippen MR) is 132 cm³/mol. The molecular formula is C27H22FN5O. The van der Waals surface area contributed by atoms with E-state index in [2.05, 4.69) is 16.0 Å². The number of nitrogens with zero attached hydrogens (tertiary/aromatic N) is 4. The van der Waals surface area contributed by atoms with Crippen molar-refractivity contribution in [2.75, 3.05) is 0 Å². The number of benzene rings is 2. The fourth-order valence-corrected chi connectivity index (χ4v) is 4.67. The van der Waals surface area contributed by atoms with Gasteiger partial charge in [0.15, 0.2) is 5.65 Å². The first-order valence-corrected chi connectivity index (χ1v) is 11.3. The van der Waals surface area contributed by atoms with E-state index in [1.165, 1.54) is 23.1 Å². The van der Waals surface area contributed by atoms with Gasteiger partial charge in [-0.15, -0.1) is 0 Å². The van der Waals surface area contributed by atoms with Crippen LogP contribution in [0.1, 0.15) is 18.2 Å². The third kappa shape index (κ3) is 3.20. The molecule has 7 heteroatoms. The van der Waals surface area contributed by atoms with Crippen molar-refractivity contribution in [3.63, 3.8) is 0 Å². The normalized spacial score (nSPS) is 11.7. The van der Waals surface area contributed by atoms with Crippen LogP contribution < -0.4 is 5.56 Å². The van der Waals surface area contributed by atoms with E-state index in [0.717, 1.165) is 28.8 Å². The highest BCUT2D eigenvalue weighted by Gasteiger charge is 2.18. The minimum Gasteiger partial charge on any atom is -0.361 e. The highest BCUT2D eigenvalue weighted by Crippen LogP contribution is 2.29. The molecule has 0 saturated heterocycles. The van der Waals surface area contributed by atoms with Crippen molar-refractivity contribution >= 4 is 27.5 Å². The third-order valence-electron chi connectivity index (χ3n) is 6.42. The second-order valence-electron chi connectivity index (χ2n) is 8.40. The molecule has 34 heavy (non-hydrogen) atoms. The van der Waals surface area contributed by atoms with E-state index in [1.54, 1.807) is 27.4 Å². The number of aryl methyl sites for hydroxylation is 3. The quantitative estimate of drug-likeness (QED) is 0.395. The average molecular weight is 452 g/mol. The van der Waals surface area contributed by atoms with Crippen LogP contribution in [0.25, 0.3) is 38.6 Å². The Hall–Kier alpha value is -4.26. The molecule has 2 aromatic carbocycles. The summed E-state index contributed by atoms with van der Waals surface area (Å²) in [4.78, 5) is 21.2. The molecule has 6 aromatic rings. The van der Waals surface area contributed by atoms with Crippen LogP contribution in [0.2, 0.25) is 0 Å². The van der Waals surface area contributed by atoms with Crippen molar-refractivity contribution in [2.45, 2.75) is 26.3 Å². The summed E-state index contributed by atoms with van der Waals surface area (Å²) < 4.78 is 16.9. The van der Waals surface area contributed by atoms with E-state index >= 15 is 0 Å². The number of aromatic nitrogens is 5. The van der Waals surface area contributed by atoms with Gasteiger partial charge < -0.3 is 9.55 Å². The lowest BCUT2D eigenvalue weighted by Gasteiger charge is -2.08. The third-order valence-corrected chi connectivity index (χ3v) is 6.42. The number of fused-ring (bicyclic) bond motifs is 4. The van der Waals surface area contributed by atoms with Crippen LogP contribution >= 0.6 is 0 Å². The smallest absolute Gasteiger partial charge is 0.261 e. The van der Waals surface area contributed by atoms with Crippen LogP contribution in [0.5, 0.6) is 0 Å². The number of hydrogen-bond donors (Lipinski definition) is 1. The minimum absolute atomic E-state index is 0.0939. The van der Waals surface area contributed by atoms with Gasteiger partial charge in [0.25, 0.3) is 5.56 Å². The molecule has 6 rings (SSSR count). The summed E-state index contributed by atoms with van der Waals surface area (Å²) in [6.07, 6.45) is 6.89. The van der Waals surface area contributed by atoms with Gasteiger partial charge in [0, 0.05) is 41.6 Å². The zero-order chi connectivity index (χ0) is 23.2. The number of rotatable bonds is 5. The zero-order valence-electron chi connectivity index (χ0n) is 18.6. The number of H-pyrrole nitrogens is 1. The van der Waals surface area contributed by atoms with Crippen LogP contribution in [0.3, 0.4) is 0 Å². The van der Waals surface area contributed by atoms with E-state index in [9.17, 15) is 9.18 Å². The number of pyridine rings is 1. The summed E-state index contributed by atoms with van der Waals surface area (Å²) in [5.74, 6) is -0.287. The van der Waals surface area contributed by atoms with E-state index in [4.69, 9.17) is 5.10 Å². The van der Waals surface area contributed by atoms with Crippen molar-refractivity contribution in [1.82, 2.24) is 24.1 Å². The lowest BCUT2D eigenvalue weighted by molar-refractivity contribution is 0.628. The maximum absolute atomic E-state index is 13.5. The second-order valence-corrected chi connectivity index (χ2v) is 8.40. The zero-order valence-corrected chi connectivity index (χ0v) is 18.6. The van der Waals surface area contributed by atoms with Gasteiger partial charge in [0.05, 0.1) is 16.6 Å². The first-order valence-electron chi connectivity index (χ1n) is 11.3. The molecule has 6 nitrogen and oxygen atoms in total. The molecule has 0 aliphatic heterocycles. The monoisotopic (exact) mass is 451 g/mol. The Bertz CT molecular complexity index is 1730. The number of aromatic amines is 1. The van der Waals surface area contributed by atoms with Crippen molar-refractivity contribution in [3.05, 3.63) is 101 Å². The molecule has 0 spiro atoms. The topological polar surface area (TPSA) is 68.0 Å². The minimum atomic E-state index is -0.287. The van der Waals surface area contributed by atoms with Gasteiger partial charge in [-0.25, -0.2) is 13.9 Å². The van der Waals surface area contributed by atoms with E-state index < -0.39 is 0 Å². The predicted octanol–water partition coefficient (Wildman–Crippen LogP) is 5.14. The first-order chi connectivity index (χ1) is 16.6. The molecule has 0 bridgehead atoms. The van der Waals surface area contributed by atoms with Crippen molar-refractivity contribution in [2.24, 2.45) is 0 Å². The molecule has 0 saturated carbocycles. The fourth-order valence-electron chi connectivity index (χ4n) is 4.67. The Balaban J connectivity index is 1.42. The van der Waals surface area contributed by atoms with Crippen molar-refractivity contribution < 1.29 is 4.39 Å². The number of hydrogen-bond acceptors (Lipinski definition) is 3. The van der Waals surface area contributed by atoms with Crippen molar-refractivity contribution in [3.8, 4) is 11.1 Å². The molecule has 4 aromatic heterocycles. The van der Waals surface area contributed by atoms with E-state index in [-0.39, 0.29) is 11.4 Å². The standard InChI is InChI=1S/C27H22FN5O/c1-2-22-25(17-7-9-19(28)10-8-17)26-30-16-21-24(33(26)31-22)12-14-32(27(21)34)13-11-18-15-29-23-6-4-3-5-20(18)23/h3-10,12,14-16,29H,2,11,13H2,1H3. The molecule has 0 radical (unpaired) electrons. The Labute approximate surface area is 194 Å². The van der Waals surface area contributed by atoms with Gasteiger partial charge in [0.1, 0.15) is 5.82 Å². The van der Waals surface area contributed by atoms with Gasteiger partial charge in [-0.1, -0.05) is 37.3 Å². The molecule has 0 aliphatic rings. The summed E-state index contributed by atoms with van der Waals surface area (Å²) in [5, 5.41) is 6.45. The van der Waals surface area contributed by atoms with Crippen LogP contribution in [0.4, 0.5) is 4.39 Å². The summed E-state index contributed by atoms with van der Waals surface area (Å²) in [7, 11) is 0. The summed E-state index contributed by atoms with van der Waals surface area (Å²) >= 11 is 0. The Morgan fingerprint density at radius 1 is 1.03 bits per heavy atom. The first kappa shape index (κ1) is 20.4. The van der Waals surface area contributed by atoms with Gasteiger partial charge in [-0.05, 0) is 48.2 Å². The lowest BCUT2D eigenvalue weighted by Crippen LogP contribution is -2.21. The fraction of sp³-hybridized carbons (Fsp3) is 0.148. The highest BCUT2D eigenvalue weighted by atomic mass is 19.1. The van der Waals surface area contributed by atoms with Gasteiger partial charge in [-0.3, -0.25) is 4.79 Å². The SMILES string of the molecule is CCc1nn2c(ncc3c(=O)n(CCc4c[nH]c5ccccc45)ccc32)c1-c1ccc(F)cc1. The van der Waals surface area contributed by atoms with Crippen molar-refractivity contribution in [1.29, 1.82) is 0 Å². The van der Waals surface area contributed by atoms with Crippen LogP contribution in [-0.4, -0.2) is 24.1 Å². The summed E-state index contributed by atoms with van der Waals surface area (Å²) in [6.45, 7) is 2.59. The molecule has 168 valence electrons. The van der Waals surface area contributed by atoms with Crippen LogP contribution in [0, 0.1) is 5.82 Å². The Morgan fingerprint density at radius 3 is 2.68 bits per heavy atom. The maximum Gasteiger partial charge on any atom is 0.261 e. The summed E-state index contributed by atoms with van der Waals surface area (Å²) in [6, 6.07) is 16.4. The van der Waals surface area contributed by atoms with Gasteiger partial charge >= 0.3 is 0 Å². The summed E-state index contributed by atoms with van der Waals surface area (Å²) in [5.41, 5.74) is 6.13. The Morgan fingerprint density at radius 2 is 1.85 bits per heavy atom. The van der Waals surface area contributed by atoms with E-state index in [0.29, 0.717) is 29.5 Å². The molecule has 0 aliphatic carbocycles. The second kappa shape index (κ2) is 7.95. The van der Waals surface area contributed by atoms with Crippen LogP contribution in [-0.2, 0) is 19.4 Å². The maximum atomic E-state index is 13.5. The molecule has 0 atom stereocenters. The molecular weight excluding hydrogens is 429 g/mol. The highest BCUT2D eigenvalue weighted by molar-refractivity contribution is 5.86. The largest absolute Gasteiger partial charge is 0.361 e. The molecule has 0 unspecified atom stereocenters. The Kier molecular flexibility index (Phi) is 4.76. The van der Waals surface area contributed by atoms with E-state index in [1.807, 2.05) is 43.6 Å². The average Bonchev–Trinajstić information content (AvgIpc) is 3.45. The number of nitrogens with one attached hydrogen (secondary N) is 1. The number of para-hydroxylation sites is 1.